The summed E-state index contributed by atoms with van der Waals surface area (Å²) in [6.45, 7) is 0. The molecule has 0 aliphatic heterocycles. The minimum atomic E-state index is -3.91. The molecular formula is C13H17ClN2O4S. The summed E-state index contributed by atoms with van der Waals surface area (Å²) in [5, 5.41) is 8.05. The van der Waals surface area contributed by atoms with Crippen LogP contribution in [-0.4, -0.2) is 33.6 Å². The van der Waals surface area contributed by atoms with Gasteiger partial charge in [-0.25, -0.2) is 13.6 Å². The Balaban J connectivity index is 2.21. The van der Waals surface area contributed by atoms with Crippen LogP contribution in [-0.2, 0) is 14.8 Å². The van der Waals surface area contributed by atoms with E-state index in [1.165, 1.54) is 18.2 Å². The van der Waals surface area contributed by atoms with E-state index in [-0.39, 0.29) is 27.6 Å². The Hall–Kier alpha value is -1.15. The summed E-state index contributed by atoms with van der Waals surface area (Å²) in [5.74, 6) is -0.392. The van der Waals surface area contributed by atoms with Gasteiger partial charge in [-0.05, 0) is 37.5 Å². The van der Waals surface area contributed by atoms with E-state index in [0.29, 0.717) is 0 Å². The molecule has 1 aromatic rings. The van der Waals surface area contributed by atoms with Crippen molar-refractivity contribution in [1.82, 2.24) is 5.32 Å². The highest BCUT2D eigenvalue weighted by molar-refractivity contribution is 7.89. The quantitative estimate of drug-likeness (QED) is 0.867. The van der Waals surface area contributed by atoms with Crippen LogP contribution in [0.1, 0.15) is 29.6 Å². The van der Waals surface area contributed by atoms with Crippen LogP contribution in [0.3, 0.4) is 0 Å². The fourth-order valence-corrected chi connectivity index (χ4v) is 3.37. The molecule has 0 heterocycles. The summed E-state index contributed by atoms with van der Waals surface area (Å²) in [4.78, 5) is 12.0. The number of nitrogens with two attached hydrogens (primary N) is 1. The molecule has 1 saturated carbocycles. The maximum Gasteiger partial charge on any atom is 0.251 e. The van der Waals surface area contributed by atoms with Gasteiger partial charge in [0.2, 0.25) is 10.0 Å². The van der Waals surface area contributed by atoms with Crippen LogP contribution >= 0.6 is 11.6 Å². The Morgan fingerprint density at radius 1 is 1.38 bits per heavy atom. The van der Waals surface area contributed by atoms with Crippen molar-refractivity contribution in [3.05, 3.63) is 28.8 Å². The van der Waals surface area contributed by atoms with Gasteiger partial charge in [-0.15, -0.1) is 0 Å². The molecule has 1 aliphatic carbocycles. The second-order valence-electron chi connectivity index (χ2n) is 5.01. The van der Waals surface area contributed by atoms with Crippen molar-refractivity contribution in [3.63, 3.8) is 0 Å². The highest BCUT2D eigenvalue weighted by Gasteiger charge is 2.29. The number of hydrogen-bond donors (Lipinski definition) is 2. The molecule has 0 aromatic heterocycles. The van der Waals surface area contributed by atoms with Crippen LogP contribution in [0.2, 0.25) is 5.02 Å². The second kappa shape index (κ2) is 6.31. The number of ether oxygens (including phenoxy) is 1. The second-order valence-corrected chi connectivity index (χ2v) is 7.00. The number of sulfonamides is 1. The zero-order valence-corrected chi connectivity index (χ0v) is 13.1. The van der Waals surface area contributed by atoms with Crippen molar-refractivity contribution in [1.29, 1.82) is 0 Å². The van der Waals surface area contributed by atoms with Gasteiger partial charge in [0.15, 0.2) is 0 Å². The number of carbonyl (C=O) groups excluding carboxylic acids is 1. The van der Waals surface area contributed by atoms with Gasteiger partial charge < -0.3 is 10.1 Å². The van der Waals surface area contributed by atoms with Crippen LogP contribution < -0.4 is 10.5 Å². The fraction of sp³-hybridized carbons (Fsp3) is 0.462. The minimum absolute atomic E-state index is 0.0224. The molecule has 8 heteroatoms. The molecule has 1 aliphatic rings. The Bertz CT molecular complexity index is 648. The Kier molecular flexibility index (Phi) is 4.88. The van der Waals surface area contributed by atoms with Crippen molar-refractivity contribution in [2.75, 3.05) is 7.11 Å². The van der Waals surface area contributed by atoms with E-state index in [2.05, 4.69) is 5.32 Å². The first-order chi connectivity index (χ1) is 9.81. The third-order valence-corrected chi connectivity index (χ3v) is 4.64. The Labute approximate surface area is 128 Å². The first kappa shape index (κ1) is 16.2. The lowest BCUT2D eigenvalue weighted by Crippen LogP contribution is -2.40. The summed E-state index contributed by atoms with van der Waals surface area (Å²) in [5.41, 5.74) is 0.160. The Morgan fingerprint density at radius 3 is 2.71 bits per heavy atom. The van der Waals surface area contributed by atoms with E-state index in [1.54, 1.807) is 7.11 Å². The van der Waals surface area contributed by atoms with Crippen molar-refractivity contribution >= 4 is 27.5 Å². The van der Waals surface area contributed by atoms with Gasteiger partial charge in [-0.2, -0.15) is 0 Å². The molecule has 1 fully saturated rings. The van der Waals surface area contributed by atoms with Gasteiger partial charge in [0.05, 0.1) is 17.0 Å². The number of methoxy groups -OCH3 is 1. The number of rotatable bonds is 4. The highest BCUT2D eigenvalue weighted by atomic mass is 35.5. The molecule has 0 spiro atoms. The molecule has 2 unspecified atom stereocenters. The standard InChI is InChI=1S/C13H17ClN2O4S/c1-20-12-4-2-3-11(12)16-13(17)8-5-9(14)7-10(6-8)21(15,18)19/h5-7,11-12H,2-4H2,1H3,(H,16,17)(H2,15,18,19). The maximum atomic E-state index is 12.2. The van der Waals surface area contributed by atoms with E-state index in [4.69, 9.17) is 21.5 Å². The Morgan fingerprint density at radius 2 is 2.10 bits per heavy atom. The lowest BCUT2D eigenvalue weighted by molar-refractivity contribution is 0.0722. The molecule has 2 atom stereocenters. The normalized spacial score (nSPS) is 22.2. The predicted molar refractivity (Wildman–Crippen MR) is 78.7 cm³/mol. The van der Waals surface area contributed by atoms with Gasteiger partial charge in [0.25, 0.3) is 5.91 Å². The molecule has 2 rings (SSSR count). The van der Waals surface area contributed by atoms with E-state index in [1.807, 2.05) is 0 Å². The average Bonchev–Trinajstić information content (AvgIpc) is 2.84. The van der Waals surface area contributed by atoms with Crippen LogP contribution in [0.15, 0.2) is 23.1 Å². The molecular weight excluding hydrogens is 316 g/mol. The van der Waals surface area contributed by atoms with Gasteiger partial charge in [0.1, 0.15) is 0 Å². The minimum Gasteiger partial charge on any atom is -0.379 e. The van der Waals surface area contributed by atoms with Gasteiger partial charge in [0, 0.05) is 17.7 Å². The van der Waals surface area contributed by atoms with Crippen molar-refractivity contribution in [3.8, 4) is 0 Å². The van der Waals surface area contributed by atoms with Crippen LogP contribution in [0.25, 0.3) is 0 Å². The molecule has 0 radical (unpaired) electrons. The van der Waals surface area contributed by atoms with E-state index < -0.39 is 15.9 Å². The van der Waals surface area contributed by atoms with Gasteiger partial charge in [-0.1, -0.05) is 11.6 Å². The number of benzene rings is 1. The zero-order chi connectivity index (χ0) is 15.6. The van der Waals surface area contributed by atoms with Crippen molar-refractivity contribution in [2.24, 2.45) is 5.14 Å². The number of hydrogen-bond acceptors (Lipinski definition) is 4. The van der Waals surface area contributed by atoms with Gasteiger partial charge in [-0.3, -0.25) is 4.79 Å². The molecule has 1 aromatic carbocycles. The first-order valence-corrected chi connectivity index (χ1v) is 8.41. The summed E-state index contributed by atoms with van der Waals surface area (Å²) in [6.07, 6.45) is 2.67. The predicted octanol–water partition coefficient (Wildman–Crippen LogP) is 1.28. The highest BCUT2D eigenvalue weighted by Crippen LogP contribution is 2.23. The summed E-state index contributed by atoms with van der Waals surface area (Å²) in [6, 6.07) is 3.75. The third kappa shape index (κ3) is 3.94. The zero-order valence-electron chi connectivity index (χ0n) is 11.5. The van der Waals surface area contributed by atoms with Crippen LogP contribution in [0.5, 0.6) is 0 Å². The number of amides is 1. The lowest BCUT2D eigenvalue weighted by Gasteiger charge is -2.19. The molecule has 0 saturated heterocycles. The topological polar surface area (TPSA) is 98.5 Å². The SMILES string of the molecule is COC1CCCC1NC(=O)c1cc(Cl)cc(S(N)(=O)=O)c1. The van der Waals surface area contributed by atoms with Crippen molar-refractivity contribution in [2.45, 2.75) is 36.3 Å². The summed E-state index contributed by atoms with van der Waals surface area (Å²) < 4.78 is 28.0. The summed E-state index contributed by atoms with van der Waals surface area (Å²) in [7, 11) is -2.31. The van der Waals surface area contributed by atoms with E-state index in [9.17, 15) is 13.2 Å². The first-order valence-electron chi connectivity index (χ1n) is 6.48. The molecule has 116 valence electrons. The maximum absolute atomic E-state index is 12.2. The molecule has 0 bridgehead atoms. The van der Waals surface area contributed by atoms with Crippen LogP contribution in [0, 0.1) is 0 Å². The largest absolute Gasteiger partial charge is 0.379 e. The number of halogens is 1. The molecule has 6 nitrogen and oxygen atoms in total. The van der Waals surface area contributed by atoms with Crippen molar-refractivity contribution < 1.29 is 17.9 Å². The number of nitrogens with one attached hydrogen (secondary N) is 1. The molecule has 21 heavy (non-hydrogen) atoms. The smallest absolute Gasteiger partial charge is 0.251 e. The third-order valence-electron chi connectivity index (χ3n) is 3.53. The van der Waals surface area contributed by atoms with Crippen LogP contribution in [0.4, 0.5) is 0 Å². The monoisotopic (exact) mass is 332 g/mol. The molecule has 3 N–H and O–H groups in total. The average molecular weight is 333 g/mol. The van der Waals surface area contributed by atoms with E-state index >= 15 is 0 Å². The van der Waals surface area contributed by atoms with Gasteiger partial charge >= 0.3 is 0 Å². The van der Waals surface area contributed by atoms with E-state index in [0.717, 1.165) is 19.3 Å². The molecule has 1 amide bonds. The summed E-state index contributed by atoms with van der Waals surface area (Å²) >= 11 is 5.85. The fourth-order valence-electron chi connectivity index (χ4n) is 2.48. The lowest BCUT2D eigenvalue weighted by atomic mass is 10.1. The number of carbonyl (C=O) groups is 1. The number of primary sulfonamides is 1.